The highest BCUT2D eigenvalue weighted by molar-refractivity contribution is 9.10. The molecule has 10 heteroatoms. The maximum Gasteiger partial charge on any atom is 0.264 e. The first-order chi connectivity index (χ1) is 21.0. The van der Waals surface area contributed by atoms with Crippen LogP contribution in [0.3, 0.4) is 0 Å². The molecule has 4 rings (SSSR count). The van der Waals surface area contributed by atoms with Crippen LogP contribution in [0.25, 0.3) is 0 Å². The van der Waals surface area contributed by atoms with E-state index in [0.717, 1.165) is 31.0 Å². The van der Waals surface area contributed by atoms with Crippen LogP contribution in [0.1, 0.15) is 22.3 Å². The molecule has 1 N–H and O–H groups in total. The molecule has 0 fully saturated rings. The first-order valence-corrected chi connectivity index (χ1v) is 16.3. The number of rotatable bonds is 12. The first-order valence-electron chi connectivity index (χ1n) is 14.1. The maximum absolute atomic E-state index is 14.5. The SMILES string of the molecule is CNC(=O)[C@@H](Cc1ccccc1)N(Cc1ccc(Br)cc1)C(=O)CN(c1cc(C)ccc1OC)S(=O)(=O)c1ccc(C)cc1. The summed E-state index contributed by atoms with van der Waals surface area (Å²) in [6.45, 7) is 3.23. The molecule has 0 aromatic heterocycles. The van der Waals surface area contributed by atoms with Crippen molar-refractivity contribution in [3.05, 3.63) is 124 Å². The minimum atomic E-state index is -4.24. The van der Waals surface area contributed by atoms with Crippen LogP contribution in [-0.4, -0.2) is 51.9 Å². The molecule has 2 amide bonds. The highest BCUT2D eigenvalue weighted by Crippen LogP contribution is 2.34. The number of likely N-dealkylation sites (N-methyl/N-ethyl adjacent to an activating group) is 1. The molecule has 8 nitrogen and oxygen atoms in total. The van der Waals surface area contributed by atoms with Gasteiger partial charge in [-0.25, -0.2) is 8.42 Å². The van der Waals surface area contributed by atoms with E-state index >= 15 is 0 Å². The third-order valence-electron chi connectivity index (χ3n) is 7.27. The molecule has 1 atom stereocenters. The number of amides is 2. The Morgan fingerprint density at radius 2 is 1.50 bits per heavy atom. The van der Waals surface area contributed by atoms with Gasteiger partial charge in [0.15, 0.2) is 0 Å². The topological polar surface area (TPSA) is 96.0 Å². The minimum Gasteiger partial charge on any atom is -0.495 e. The fourth-order valence-corrected chi connectivity index (χ4v) is 6.53. The van der Waals surface area contributed by atoms with Crippen LogP contribution in [0.15, 0.2) is 106 Å². The fourth-order valence-electron chi connectivity index (χ4n) is 4.85. The molecule has 0 spiro atoms. The zero-order chi connectivity index (χ0) is 31.9. The number of carbonyl (C=O) groups excluding carboxylic acids is 2. The summed E-state index contributed by atoms with van der Waals surface area (Å²) in [5, 5.41) is 2.70. The Kier molecular flexibility index (Phi) is 10.8. The Balaban J connectivity index is 1.83. The van der Waals surface area contributed by atoms with Crippen LogP contribution in [0.4, 0.5) is 5.69 Å². The average Bonchev–Trinajstić information content (AvgIpc) is 3.02. The summed E-state index contributed by atoms with van der Waals surface area (Å²) in [6.07, 6.45) is 0.237. The maximum atomic E-state index is 14.5. The molecule has 0 bridgehead atoms. The number of benzene rings is 4. The predicted octanol–water partition coefficient (Wildman–Crippen LogP) is 5.66. The van der Waals surface area contributed by atoms with Crippen LogP contribution in [0.2, 0.25) is 0 Å². The molecule has 0 heterocycles. The fraction of sp³-hybridized carbons (Fsp3) is 0.235. The van der Waals surface area contributed by atoms with E-state index in [0.29, 0.717) is 5.75 Å². The van der Waals surface area contributed by atoms with Crippen molar-refractivity contribution in [2.45, 2.75) is 37.8 Å². The Labute approximate surface area is 267 Å². The second kappa shape index (κ2) is 14.5. The number of halogens is 1. The summed E-state index contributed by atoms with van der Waals surface area (Å²) < 4.78 is 36.0. The molecular weight excluding hydrogens is 642 g/mol. The van der Waals surface area contributed by atoms with Gasteiger partial charge in [0.05, 0.1) is 17.7 Å². The van der Waals surface area contributed by atoms with Gasteiger partial charge in [0.1, 0.15) is 18.3 Å². The van der Waals surface area contributed by atoms with E-state index in [-0.39, 0.29) is 29.5 Å². The second-order valence-corrected chi connectivity index (χ2v) is 13.2. The number of anilines is 1. The van der Waals surface area contributed by atoms with Crippen LogP contribution in [-0.2, 0) is 32.6 Å². The van der Waals surface area contributed by atoms with Crippen molar-refractivity contribution in [1.82, 2.24) is 10.2 Å². The number of hydrogen-bond acceptors (Lipinski definition) is 5. The lowest BCUT2D eigenvalue weighted by molar-refractivity contribution is -0.139. The van der Waals surface area contributed by atoms with Crippen molar-refractivity contribution in [2.75, 3.05) is 25.0 Å². The lowest BCUT2D eigenvalue weighted by atomic mass is 10.0. The van der Waals surface area contributed by atoms with Crippen molar-refractivity contribution >= 4 is 43.5 Å². The number of sulfonamides is 1. The number of nitrogens with one attached hydrogen (secondary N) is 1. The van der Waals surface area contributed by atoms with E-state index in [1.165, 1.54) is 31.2 Å². The quantitative estimate of drug-likeness (QED) is 0.209. The number of carbonyl (C=O) groups is 2. The number of hydrogen-bond donors (Lipinski definition) is 1. The highest BCUT2D eigenvalue weighted by Gasteiger charge is 2.35. The van der Waals surface area contributed by atoms with Gasteiger partial charge in [-0.05, 0) is 66.9 Å². The van der Waals surface area contributed by atoms with E-state index in [4.69, 9.17) is 4.74 Å². The molecule has 0 radical (unpaired) electrons. The molecule has 0 aliphatic heterocycles. The number of nitrogens with zero attached hydrogens (tertiary/aromatic N) is 2. The van der Waals surface area contributed by atoms with E-state index in [9.17, 15) is 18.0 Å². The molecule has 230 valence electrons. The third-order valence-corrected chi connectivity index (χ3v) is 9.58. The van der Waals surface area contributed by atoms with Gasteiger partial charge < -0.3 is 15.0 Å². The van der Waals surface area contributed by atoms with Gasteiger partial charge in [-0.15, -0.1) is 0 Å². The monoisotopic (exact) mass is 677 g/mol. The van der Waals surface area contributed by atoms with Crippen molar-refractivity contribution in [3.8, 4) is 5.75 Å². The predicted molar refractivity (Wildman–Crippen MR) is 176 cm³/mol. The lowest BCUT2D eigenvalue weighted by Crippen LogP contribution is -2.53. The summed E-state index contributed by atoms with van der Waals surface area (Å²) >= 11 is 3.44. The van der Waals surface area contributed by atoms with Crippen molar-refractivity contribution in [1.29, 1.82) is 0 Å². The van der Waals surface area contributed by atoms with E-state index in [1.54, 1.807) is 24.3 Å². The van der Waals surface area contributed by atoms with E-state index in [2.05, 4.69) is 21.2 Å². The Bertz CT molecular complexity index is 1700. The molecule has 44 heavy (non-hydrogen) atoms. The van der Waals surface area contributed by atoms with Crippen LogP contribution < -0.4 is 14.4 Å². The van der Waals surface area contributed by atoms with Gasteiger partial charge in [0.25, 0.3) is 10.0 Å². The van der Waals surface area contributed by atoms with Crippen molar-refractivity contribution in [2.24, 2.45) is 0 Å². The molecule has 4 aromatic carbocycles. The van der Waals surface area contributed by atoms with Crippen LogP contribution >= 0.6 is 15.9 Å². The standard InChI is InChI=1S/C34H36BrN3O5S/c1-24-10-17-29(18-11-24)44(41,42)38(30-20-25(2)12-19-32(30)43-4)23-33(39)37(22-27-13-15-28(35)16-14-27)31(34(40)36-3)21-26-8-6-5-7-9-26/h5-20,31H,21-23H2,1-4H3,(H,36,40)/t31-/m1/s1. The summed E-state index contributed by atoms with van der Waals surface area (Å²) in [4.78, 5) is 29.3. The average molecular weight is 679 g/mol. The normalized spacial score (nSPS) is 11.8. The Morgan fingerprint density at radius 3 is 2.11 bits per heavy atom. The summed E-state index contributed by atoms with van der Waals surface area (Å²) in [6, 6.07) is 27.6. The second-order valence-electron chi connectivity index (χ2n) is 10.5. The molecule has 0 aliphatic carbocycles. The molecule has 0 saturated carbocycles. The van der Waals surface area contributed by atoms with Gasteiger partial charge >= 0.3 is 0 Å². The molecule has 0 saturated heterocycles. The lowest BCUT2D eigenvalue weighted by Gasteiger charge is -2.34. The van der Waals surface area contributed by atoms with Gasteiger partial charge in [0.2, 0.25) is 11.8 Å². The van der Waals surface area contributed by atoms with Crippen molar-refractivity contribution < 1.29 is 22.7 Å². The van der Waals surface area contributed by atoms with Crippen LogP contribution in [0.5, 0.6) is 5.75 Å². The largest absolute Gasteiger partial charge is 0.495 e. The first kappa shape index (κ1) is 32.8. The molecular formula is C34H36BrN3O5S. The van der Waals surface area contributed by atoms with Gasteiger partial charge in [-0.1, -0.05) is 82.2 Å². The number of aryl methyl sites for hydroxylation is 2. The summed E-state index contributed by atoms with van der Waals surface area (Å²) in [5.41, 5.74) is 3.56. The summed E-state index contributed by atoms with van der Waals surface area (Å²) in [7, 11) is -1.26. The smallest absolute Gasteiger partial charge is 0.264 e. The Morgan fingerprint density at radius 1 is 0.864 bits per heavy atom. The zero-order valence-corrected chi connectivity index (χ0v) is 27.6. The highest BCUT2D eigenvalue weighted by atomic mass is 79.9. The number of methoxy groups -OCH3 is 1. The third kappa shape index (κ3) is 7.86. The van der Waals surface area contributed by atoms with E-state index in [1.807, 2.05) is 74.5 Å². The van der Waals surface area contributed by atoms with Gasteiger partial charge in [-0.2, -0.15) is 0 Å². The molecule has 0 aliphatic rings. The Hall–Kier alpha value is -4.15. The van der Waals surface area contributed by atoms with Gasteiger partial charge in [0, 0.05) is 24.5 Å². The van der Waals surface area contributed by atoms with Crippen molar-refractivity contribution in [3.63, 3.8) is 0 Å². The van der Waals surface area contributed by atoms with Gasteiger partial charge in [-0.3, -0.25) is 13.9 Å². The number of ether oxygens (including phenoxy) is 1. The van der Waals surface area contributed by atoms with E-state index < -0.39 is 28.5 Å². The summed E-state index contributed by atoms with van der Waals surface area (Å²) in [5.74, 6) is -0.609. The zero-order valence-electron chi connectivity index (χ0n) is 25.2. The minimum absolute atomic E-state index is 0.0334. The molecule has 4 aromatic rings. The van der Waals surface area contributed by atoms with Crippen LogP contribution in [0, 0.1) is 13.8 Å². The molecule has 0 unspecified atom stereocenters.